The lowest BCUT2D eigenvalue weighted by molar-refractivity contribution is -0.0264. The van der Waals surface area contributed by atoms with Gasteiger partial charge in [-0.1, -0.05) is 6.07 Å². The Morgan fingerprint density at radius 3 is 2.86 bits per heavy atom. The summed E-state index contributed by atoms with van der Waals surface area (Å²) in [5.41, 5.74) is 0. The Morgan fingerprint density at radius 2 is 2.09 bits per heavy atom. The second-order valence-corrected chi connectivity index (χ2v) is 5.56. The molecular formula is C16H21N5O. The lowest BCUT2D eigenvalue weighted by Crippen LogP contribution is -2.44. The molecule has 2 aromatic rings. The summed E-state index contributed by atoms with van der Waals surface area (Å²) < 4.78 is 5.62. The van der Waals surface area contributed by atoms with Gasteiger partial charge < -0.3 is 10.1 Å². The molecular weight excluding hydrogens is 278 g/mol. The van der Waals surface area contributed by atoms with Crippen LogP contribution >= 0.6 is 0 Å². The van der Waals surface area contributed by atoms with Crippen molar-refractivity contribution in [2.24, 2.45) is 0 Å². The molecule has 116 valence electrons. The number of rotatable bonds is 4. The van der Waals surface area contributed by atoms with Crippen LogP contribution in [0.4, 0.5) is 11.6 Å². The predicted molar refractivity (Wildman–Crippen MR) is 85.0 cm³/mol. The van der Waals surface area contributed by atoms with Crippen LogP contribution in [0.1, 0.15) is 25.7 Å². The van der Waals surface area contributed by atoms with Crippen molar-refractivity contribution in [3.8, 4) is 0 Å². The fourth-order valence-corrected chi connectivity index (χ4v) is 2.63. The quantitative estimate of drug-likeness (QED) is 0.935. The molecule has 2 aromatic heterocycles. The van der Waals surface area contributed by atoms with E-state index < -0.39 is 0 Å². The van der Waals surface area contributed by atoms with Gasteiger partial charge in [0.25, 0.3) is 0 Å². The van der Waals surface area contributed by atoms with Gasteiger partial charge in [0.15, 0.2) is 0 Å². The maximum atomic E-state index is 5.62. The Kier molecular flexibility index (Phi) is 4.60. The highest BCUT2D eigenvalue weighted by Gasteiger charge is 2.28. The number of pyridine rings is 1. The molecule has 3 rings (SSSR count). The lowest BCUT2D eigenvalue weighted by atomic mass is 10.1. The van der Waals surface area contributed by atoms with Crippen LogP contribution in [0.15, 0.2) is 36.7 Å². The molecule has 1 saturated heterocycles. The van der Waals surface area contributed by atoms with Crippen LogP contribution in [0.2, 0.25) is 0 Å². The zero-order valence-electron chi connectivity index (χ0n) is 12.9. The summed E-state index contributed by atoms with van der Waals surface area (Å²) in [6.07, 6.45) is 3.53. The summed E-state index contributed by atoms with van der Waals surface area (Å²) in [6, 6.07) is 8.11. The molecule has 0 saturated carbocycles. The number of ether oxygens (including phenoxy) is 1. The number of aromatic nitrogens is 3. The Bertz CT molecular complexity index is 604. The summed E-state index contributed by atoms with van der Waals surface area (Å²) >= 11 is 0. The largest absolute Gasteiger partial charge is 0.378 e. The van der Waals surface area contributed by atoms with Crippen LogP contribution in [0.5, 0.6) is 0 Å². The lowest BCUT2D eigenvalue weighted by Gasteiger charge is -2.37. The van der Waals surface area contributed by atoms with Gasteiger partial charge in [-0.3, -0.25) is 4.90 Å². The van der Waals surface area contributed by atoms with Crippen molar-refractivity contribution in [1.29, 1.82) is 0 Å². The van der Waals surface area contributed by atoms with Gasteiger partial charge in [-0.05, 0) is 32.0 Å². The van der Waals surface area contributed by atoms with E-state index in [4.69, 9.17) is 4.74 Å². The molecule has 0 aromatic carbocycles. The van der Waals surface area contributed by atoms with E-state index in [1.807, 2.05) is 24.3 Å². The molecule has 0 spiro atoms. The first-order valence-corrected chi connectivity index (χ1v) is 7.58. The summed E-state index contributed by atoms with van der Waals surface area (Å²) in [7, 11) is 0. The molecule has 1 aliphatic heterocycles. The molecule has 1 aliphatic rings. The highest BCUT2D eigenvalue weighted by Crippen LogP contribution is 2.24. The average molecular weight is 299 g/mol. The van der Waals surface area contributed by atoms with Crippen molar-refractivity contribution in [2.45, 2.75) is 25.9 Å². The molecule has 6 heteroatoms. The van der Waals surface area contributed by atoms with Gasteiger partial charge in [-0.25, -0.2) is 15.0 Å². The Morgan fingerprint density at radius 1 is 1.18 bits per heavy atom. The van der Waals surface area contributed by atoms with Crippen LogP contribution in [0, 0.1) is 0 Å². The molecule has 0 radical (unpaired) electrons. The molecule has 0 bridgehead atoms. The number of nitrogens with one attached hydrogen (secondary N) is 1. The van der Waals surface area contributed by atoms with E-state index in [1.165, 1.54) is 0 Å². The van der Waals surface area contributed by atoms with Crippen LogP contribution in [0.3, 0.4) is 0 Å². The second-order valence-electron chi connectivity index (χ2n) is 5.56. The monoisotopic (exact) mass is 299 g/mol. The van der Waals surface area contributed by atoms with Crippen molar-refractivity contribution in [3.63, 3.8) is 0 Å². The van der Waals surface area contributed by atoms with E-state index in [0.717, 1.165) is 30.6 Å². The first-order valence-electron chi connectivity index (χ1n) is 7.58. The maximum absolute atomic E-state index is 5.62. The number of hydrogen-bond donors (Lipinski definition) is 1. The van der Waals surface area contributed by atoms with Crippen LogP contribution in [0.25, 0.3) is 0 Å². The highest BCUT2D eigenvalue weighted by atomic mass is 16.5. The molecule has 6 nitrogen and oxygen atoms in total. The number of morpholine rings is 1. The van der Waals surface area contributed by atoms with Gasteiger partial charge in [-0.2, -0.15) is 0 Å². The van der Waals surface area contributed by atoms with E-state index in [-0.39, 0.29) is 6.04 Å². The third-order valence-corrected chi connectivity index (χ3v) is 3.73. The minimum atomic E-state index is 0.0965. The molecule has 22 heavy (non-hydrogen) atoms. The van der Waals surface area contributed by atoms with E-state index in [2.05, 4.69) is 39.0 Å². The topological polar surface area (TPSA) is 63.2 Å². The van der Waals surface area contributed by atoms with E-state index >= 15 is 0 Å². The molecule has 1 atom stereocenters. The molecule has 0 amide bonds. The first kappa shape index (κ1) is 14.9. The average Bonchev–Trinajstić information content (AvgIpc) is 2.56. The smallest absolute Gasteiger partial charge is 0.150 e. The molecule has 1 N–H and O–H groups in total. The summed E-state index contributed by atoms with van der Waals surface area (Å²) in [4.78, 5) is 15.7. The third-order valence-electron chi connectivity index (χ3n) is 3.73. The van der Waals surface area contributed by atoms with Gasteiger partial charge in [-0.15, -0.1) is 0 Å². The summed E-state index contributed by atoms with van der Waals surface area (Å²) in [5.74, 6) is 2.31. The van der Waals surface area contributed by atoms with Crippen molar-refractivity contribution < 1.29 is 4.74 Å². The molecule has 3 heterocycles. The number of anilines is 2. The molecule has 0 unspecified atom stereocenters. The Hall–Kier alpha value is -2.05. The third kappa shape index (κ3) is 3.40. The van der Waals surface area contributed by atoms with Crippen LogP contribution in [-0.2, 0) is 4.74 Å². The standard InChI is InChI=1S/C16H21N5O/c1-12(2)21-9-10-22-11-13(21)16-18-8-6-15(20-16)19-14-5-3-4-7-17-14/h3-8,12-13H,9-11H2,1-2H3,(H,17,18,19,20)/t13-/m1/s1. The molecule has 1 fully saturated rings. The minimum absolute atomic E-state index is 0.0965. The summed E-state index contributed by atoms with van der Waals surface area (Å²) in [6.45, 7) is 6.68. The highest BCUT2D eigenvalue weighted by molar-refractivity contribution is 5.50. The fourth-order valence-electron chi connectivity index (χ4n) is 2.63. The fraction of sp³-hybridized carbons (Fsp3) is 0.438. The maximum Gasteiger partial charge on any atom is 0.150 e. The van der Waals surface area contributed by atoms with Gasteiger partial charge in [0.1, 0.15) is 17.5 Å². The predicted octanol–water partition coefficient (Wildman–Crippen LogP) is 2.40. The van der Waals surface area contributed by atoms with Gasteiger partial charge in [0.2, 0.25) is 0 Å². The minimum Gasteiger partial charge on any atom is -0.378 e. The zero-order chi connectivity index (χ0) is 15.4. The zero-order valence-corrected chi connectivity index (χ0v) is 12.9. The Balaban J connectivity index is 1.81. The SMILES string of the molecule is CC(C)N1CCOC[C@@H]1c1nccc(Nc2ccccn2)n1. The van der Waals surface area contributed by atoms with Crippen molar-refractivity contribution in [3.05, 3.63) is 42.5 Å². The van der Waals surface area contributed by atoms with Gasteiger partial charge >= 0.3 is 0 Å². The van der Waals surface area contributed by atoms with Crippen molar-refractivity contribution >= 4 is 11.6 Å². The van der Waals surface area contributed by atoms with Gasteiger partial charge in [0.05, 0.1) is 19.3 Å². The van der Waals surface area contributed by atoms with Gasteiger partial charge in [0, 0.05) is 25.0 Å². The second kappa shape index (κ2) is 6.81. The first-order chi connectivity index (χ1) is 10.7. The van der Waals surface area contributed by atoms with E-state index in [0.29, 0.717) is 12.6 Å². The van der Waals surface area contributed by atoms with Crippen LogP contribution < -0.4 is 5.32 Å². The van der Waals surface area contributed by atoms with Crippen LogP contribution in [-0.4, -0.2) is 45.7 Å². The normalized spacial score (nSPS) is 19.3. The molecule has 0 aliphatic carbocycles. The number of hydrogen-bond acceptors (Lipinski definition) is 6. The van der Waals surface area contributed by atoms with Crippen molar-refractivity contribution in [1.82, 2.24) is 19.9 Å². The number of nitrogens with zero attached hydrogens (tertiary/aromatic N) is 4. The summed E-state index contributed by atoms with van der Waals surface area (Å²) in [5, 5.41) is 3.21. The Labute approximate surface area is 130 Å². The van der Waals surface area contributed by atoms with E-state index in [1.54, 1.807) is 12.4 Å². The van der Waals surface area contributed by atoms with E-state index in [9.17, 15) is 0 Å². The van der Waals surface area contributed by atoms with Crippen molar-refractivity contribution in [2.75, 3.05) is 25.1 Å².